The fraction of sp³-hybridized carbons (Fsp3) is 0.310. The molecule has 0 radical (unpaired) electrons. The first-order chi connectivity index (χ1) is 18.7. The lowest BCUT2D eigenvalue weighted by molar-refractivity contribution is -0.154. The van der Waals surface area contributed by atoms with Crippen LogP contribution in [0.3, 0.4) is 0 Å². The van der Waals surface area contributed by atoms with E-state index in [0.717, 1.165) is 22.2 Å². The second-order valence-corrected chi connectivity index (χ2v) is 9.49. The summed E-state index contributed by atoms with van der Waals surface area (Å²) in [5.74, 6) is -1.07. The zero-order chi connectivity index (χ0) is 27.8. The number of nitrogens with one attached hydrogen (secondary N) is 1. The number of nitrogens with zero attached hydrogens (tertiary/aromatic N) is 1. The van der Waals surface area contributed by atoms with Crippen LogP contribution in [0.5, 0.6) is 5.75 Å². The summed E-state index contributed by atoms with van der Waals surface area (Å²) in [6, 6.07) is 10.4. The van der Waals surface area contributed by atoms with Gasteiger partial charge in [-0.3, -0.25) is 9.59 Å². The SMILES string of the molecule is COC(=O)Cc1c(C)c2ccc(OCC(=O)N3Cc4[nH]c5ccccc5c4C[C@H]3C(=O)OC)c(C)c2oc1=O. The van der Waals surface area contributed by atoms with Crippen molar-refractivity contribution in [3.63, 3.8) is 0 Å². The van der Waals surface area contributed by atoms with Gasteiger partial charge in [-0.25, -0.2) is 9.59 Å². The zero-order valence-electron chi connectivity index (χ0n) is 22.1. The maximum atomic E-state index is 13.3. The first-order valence-corrected chi connectivity index (χ1v) is 12.4. The van der Waals surface area contributed by atoms with Crippen molar-refractivity contribution in [2.75, 3.05) is 20.8 Å². The number of fused-ring (bicyclic) bond motifs is 4. The summed E-state index contributed by atoms with van der Waals surface area (Å²) < 4.78 is 21.1. The van der Waals surface area contributed by atoms with Gasteiger partial charge in [-0.15, -0.1) is 0 Å². The van der Waals surface area contributed by atoms with Crippen LogP contribution >= 0.6 is 0 Å². The number of amides is 1. The third-order valence-corrected chi connectivity index (χ3v) is 7.35. The Kier molecular flexibility index (Phi) is 6.86. The highest BCUT2D eigenvalue weighted by molar-refractivity contribution is 5.90. The lowest BCUT2D eigenvalue weighted by Crippen LogP contribution is -2.50. The van der Waals surface area contributed by atoms with E-state index in [1.54, 1.807) is 26.0 Å². The van der Waals surface area contributed by atoms with Crippen LogP contribution in [0.1, 0.15) is 27.9 Å². The molecule has 2 aromatic carbocycles. The van der Waals surface area contributed by atoms with Crippen molar-refractivity contribution < 1.29 is 33.0 Å². The first-order valence-electron chi connectivity index (χ1n) is 12.4. The number of hydrogen-bond acceptors (Lipinski definition) is 8. The van der Waals surface area contributed by atoms with Crippen LogP contribution in [-0.4, -0.2) is 54.6 Å². The number of aryl methyl sites for hydroxylation is 2. The van der Waals surface area contributed by atoms with Gasteiger partial charge >= 0.3 is 17.6 Å². The number of carbonyl (C=O) groups is 3. The molecule has 1 aliphatic heterocycles. The molecule has 1 atom stereocenters. The Morgan fingerprint density at radius 1 is 1.03 bits per heavy atom. The molecule has 2 aromatic heterocycles. The van der Waals surface area contributed by atoms with E-state index >= 15 is 0 Å². The molecule has 0 aliphatic carbocycles. The number of H-pyrrole nitrogens is 1. The molecule has 0 bridgehead atoms. The summed E-state index contributed by atoms with van der Waals surface area (Å²) in [6.45, 7) is 3.33. The van der Waals surface area contributed by atoms with Crippen LogP contribution in [0.15, 0.2) is 45.6 Å². The van der Waals surface area contributed by atoms with Crippen molar-refractivity contribution in [3.8, 4) is 5.75 Å². The maximum absolute atomic E-state index is 13.3. The molecule has 10 heteroatoms. The summed E-state index contributed by atoms with van der Waals surface area (Å²) in [5, 5.41) is 1.67. The average molecular weight is 533 g/mol. The quantitative estimate of drug-likeness (QED) is 0.296. The molecular formula is C29H28N2O8. The van der Waals surface area contributed by atoms with E-state index in [0.29, 0.717) is 34.3 Å². The van der Waals surface area contributed by atoms with Gasteiger partial charge in [-0.1, -0.05) is 18.2 Å². The highest BCUT2D eigenvalue weighted by Crippen LogP contribution is 2.32. The van der Waals surface area contributed by atoms with Crippen molar-refractivity contribution in [2.24, 2.45) is 0 Å². The maximum Gasteiger partial charge on any atom is 0.340 e. The van der Waals surface area contributed by atoms with Crippen LogP contribution in [-0.2, 0) is 43.2 Å². The molecule has 0 saturated carbocycles. The highest BCUT2D eigenvalue weighted by atomic mass is 16.5. The lowest BCUT2D eigenvalue weighted by atomic mass is 9.96. The first kappa shape index (κ1) is 26.0. The molecule has 0 fully saturated rings. The Morgan fingerprint density at radius 2 is 1.79 bits per heavy atom. The lowest BCUT2D eigenvalue weighted by Gasteiger charge is -2.33. The number of aromatic nitrogens is 1. The van der Waals surface area contributed by atoms with Gasteiger partial charge in [0.25, 0.3) is 5.91 Å². The molecule has 1 aliphatic rings. The average Bonchev–Trinajstić information content (AvgIpc) is 3.31. The number of rotatable bonds is 6. The van der Waals surface area contributed by atoms with E-state index in [9.17, 15) is 19.2 Å². The predicted molar refractivity (Wildman–Crippen MR) is 142 cm³/mol. The Hall–Kier alpha value is -4.60. The standard InChI is InChI=1S/C29H28N2O8/c1-15-17-9-10-24(16(2)27(17)39-28(34)19(15)12-26(33)36-3)38-14-25(32)31-13-22-20(11-23(31)29(35)37-4)18-7-5-6-8-21(18)30-22/h5-10,23,30H,11-14H2,1-4H3/t23-/m0/s1. The number of aromatic amines is 1. The number of ether oxygens (including phenoxy) is 3. The second kappa shape index (κ2) is 10.3. The number of hydrogen-bond donors (Lipinski definition) is 1. The van der Waals surface area contributed by atoms with E-state index in [1.807, 2.05) is 24.3 Å². The molecule has 4 aromatic rings. The van der Waals surface area contributed by atoms with Crippen LogP contribution in [0, 0.1) is 13.8 Å². The van der Waals surface area contributed by atoms with E-state index < -0.39 is 23.6 Å². The molecule has 1 N–H and O–H groups in total. The Bertz CT molecular complexity index is 1680. The van der Waals surface area contributed by atoms with Gasteiger partial charge < -0.3 is 28.5 Å². The predicted octanol–water partition coefficient (Wildman–Crippen LogP) is 3.11. The third kappa shape index (κ3) is 4.62. The monoisotopic (exact) mass is 532 g/mol. The zero-order valence-corrected chi connectivity index (χ0v) is 22.1. The number of benzene rings is 2. The van der Waals surface area contributed by atoms with Crippen molar-refractivity contribution in [1.82, 2.24) is 9.88 Å². The van der Waals surface area contributed by atoms with E-state index in [4.69, 9.17) is 13.9 Å². The molecule has 3 heterocycles. The molecule has 0 spiro atoms. The van der Waals surface area contributed by atoms with Crippen LogP contribution < -0.4 is 10.4 Å². The van der Waals surface area contributed by atoms with Crippen LogP contribution in [0.2, 0.25) is 0 Å². The minimum absolute atomic E-state index is 0.193. The van der Waals surface area contributed by atoms with Gasteiger partial charge in [-0.2, -0.15) is 0 Å². The van der Waals surface area contributed by atoms with Crippen molar-refractivity contribution >= 4 is 39.7 Å². The fourth-order valence-corrected chi connectivity index (χ4v) is 5.19. The number of para-hydroxylation sites is 1. The molecule has 1 amide bonds. The van der Waals surface area contributed by atoms with Crippen molar-refractivity contribution in [2.45, 2.75) is 39.3 Å². The summed E-state index contributed by atoms with van der Waals surface area (Å²) in [7, 11) is 2.56. The Morgan fingerprint density at radius 3 is 2.54 bits per heavy atom. The van der Waals surface area contributed by atoms with Crippen molar-refractivity contribution in [3.05, 3.63) is 74.8 Å². The van der Waals surface area contributed by atoms with Crippen LogP contribution in [0.4, 0.5) is 0 Å². The van der Waals surface area contributed by atoms with Gasteiger partial charge in [0.05, 0.1) is 32.7 Å². The van der Waals surface area contributed by atoms with Gasteiger partial charge in [0.2, 0.25) is 0 Å². The van der Waals surface area contributed by atoms with Gasteiger partial charge in [-0.05, 0) is 43.2 Å². The molecule has 0 unspecified atom stereocenters. The van der Waals surface area contributed by atoms with Gasteiger partial charge in [0.15, 0.2) is 6.61 Å². The number of carbonyl (C=O) groups excluding carboxylic acids is 3. The Balaban J connectivity index is 1.40. The molecular weight excluding hydrogens is 504 g/mol. The largest absolute Gasteiger partial charge is 0.483 e. The molecule has 5 rings (SSSR count). The molecule has 39 heavy (non-hydrogen) atoms. The number of methoxy groups -OCH3 is 2. The third-order valence-electron chi connectivity index (χ3n) is 7.35. The second-order valence-electron chi connectivity index (χ2n) is 9.49. The molecule has 0 saturated heterocycles. The highest BCUT2D eigenvalue weighted by Gasteiger charge is 2.37. The normalized spacial score (nSPS) is 14.8. The fourth-order valence-electron chi connectivity index (χ4n) is 5.19. The van der Waals surface area contributed by atoms with E-state index in [1.165, 1.54) is 19.1 Å². The van der Waals surface area contributed by atoms with E-state index in [2.05, 4.69) is 9.72 Å². The van der Waals surface area contributed by atoms with E-state index in [-0.39, 0.29) is 31.0 Å². The molecule has 10 nitrogen and oxygen atoms in total. The van der Waals surface area contributed by atoms with Crippen LogP contribution in [0.25, 0.3) is 21.9 Å². The van der Waals surface area contributed by atoms with Gasteiger partial charge in [0.1, 0.15) is 17.4 Å². The summed E-state index contributed by atoms with van der Waals surface area (Å²) in [6.07, 6.45) is 0.132. The Labute approximate surface area is 223 Å². The van der Waals surface area contributed by atoms with Crippen molar-refractivity contribution in [1.29, 1.82) is 0 Å². The summed E-state index contributed by atoms with van der Waals surface area (Å²) >= 11 is 0. The summed E-state index contributed by atoms with van der Waals surface area (Å²) in [5.41, 5.74) is 3.85. The van der Waals surface area contributed by atoms with Gasteiger partial charge in [0, 0.05) is 34.0 Å². The smallest absolute Gasteiger partial charge is 0.340 e. The minimum Gasteiger partial charge on any atom is -0.483 e. The summed E-state index contributed by atoms with van der Waals surface area (Å²) in [4.78, 5) is 55.2. The molecule has 202 valence electrons. The number of esters is 2. The minimum atomic E-state index is -0.788. The topological polar surface area (TPSA) is 128 Å².